The van der Waals surface area contributed by atoms with Gasteiger partial charge in [-0.1, -0.05) is 31.5 Å². The van der Waals surface area contributed by atoms with Gasteiger partial charge in [0.15, 0.2) is 18.1 Å². The SMILES string of the molecule is CCCCOc1ccc(/C=C/C(=O)OCC(=O)NC(=O)c2ccccc2OC)cc1OCC. The van der Waals surface area contributed by atoms with E-state index in [9.17, 15) is 14.4 Å². The number of methoxy groups -OCH3 is 1. The van der Waals surface area contributed by atoms with Gasteiger partial charge in [0.1, 0.15) is 5.75 Å². The number of rotatable bonds is 12. The molecule has 0 aromatic heterocycles. The molecule has 0 heterocycles. The fraction of sp³-hybridized carbons (Fsp3) is 0.320. The molecule has 8 nitrogen and oxygen atoms in total. The molecule has 1 N–H and O–H groups in total. The topological polar surface area (TPSA) is 100 Å². The Hall–Kier alpha value is -3.81. The van der Waals surface area contributed by atoms with E-state index >= 15 is 0 Å². The van der Waals surface area contributed by atoms with Crippen molar-refractivity contribution in [2.45, 2.75) is 26.7 Å². The molecule has 2 rings (SSSR count). The highest BCUT2D eigenvalue weighted by molar-refractivity contribution is 6.06. The normalized spacial score (nSPS) is 10.5. The molecule has 176 valence electrons. The summed E-state index contributed by atoms with van der Waals surface area (Å²) in [5.41, 5.74) is 0.904. The van der Waals surface area contributed by atoms with Crippen LogP contribution in [0, 0.1) is 0 Å². The van der Waals surface area contributed by atoms with Crippen LogP contribution in [0.3, 0.4) is 0 Å². The zero-order valence-electron chi connectivity index (χ0n) is 19.1. The highest BCUT2D eigenvalue weighted by atomic mass is 16.5. The van der Waals surface area contributed by atoms with Crippen LogP contribution in [0.5, 0.6) is 17.2 Å². The first kappa shape index (κ1) is 25.5. The van der Waals surface area contributed by atoms with E-state index in [1.54, 1.807) is 42.5 Å². The molecule has 0 saturated carbocycles. The minimum absolute atomic E-state index is 0.201. The molecule has 0 aliphatic carbocycles. The van der Waals surface area contributed by atoms with Crippen LogP contribution in [0.25, 0.3) is 6.08 Å². The zero-order chi connectivity index (χ0) is 24.1. The maximum Gasteiger partial charge on any atom is 0.331 e. The Morgan fingerprint density at radius 2 is 1.76 bits per heavy atom. The van der Waals surface area contributed by atoms with Crippen LogP contribution in [0.15, 0.2) is 48.5 Å². The van der Waals surface area contributed by atoms with Crippen molar-refractivity contribution in [1.82, 2.24) is 5.32 Å². The van der Waals surface area contributed by atoms with Gasteiger partial charge in [-0.2, -0.15) is 0 Å². The quantitative estimate of drug-likeness (QED) is 0.295. The fourth-order valence-electron chi connectivity index (χ4n) is 2.75. The van der Waals surface area contributed by atoms with E-state index in [2.05, 4.69) is 12.2 Å². The molecule has 0 unspecified atom stereocenters. The number of hydrogen-bond donors (Lipinski definition) is 1. The summed E-state index contributed by atoms with van der Waals surface area (Å²) in [7, 11) is 1.42. The van der Waals surface area contributed by atoms with E-state index < -0.39 is 24.4 Å². The second-order valence-corrected chi connectivity index (χ2v) is 6.86. The number of nitrogens with one attached hydrogen (secondary N) is 1. The van der Waals surface area contributed by atoms with Gasteiger partial charge in [0.25, 0.3) is 11.8 Å². The summed E-state index contributed by atoms with van der Waals surface area (Å²) in [5, 5.41) is 2.16. The summed E-state index contributed by atoms with van der Waals surface area (Å²) in [6, 6.07) is 11.8. The second kappa shape index (κ2) is 13.6. The molecular formula is C25H29NO7. The van der Waals surface area contributed by atoms with Crippen molar-refractivity contribution in [3.63, 3.8) is 0 Å². The fourth-order valence-corrected chi connectivity index (χ4v) is 2.75. The molecule has 0 atom stereocenters. The van der Waals surface area contributed by atoms with Crippen molar-refractivity contribution in [2.24, 2.45) is 0 Å². The Bertz CT molecular complexity index is 984. The Morgan fingerprint density at radius 3 is 2.48 bits per heavy atom. The molecule has 0 saturated heterocycles. The molecule has 33 heavy (non-hydrogen) atoms. The third kappa shape index (κ3) is 8.33. The summed E-state index contributed by atoms with van der Waals surface area (Å²) in [4.78, 5) is 36.1. The predicted octanol–water partition coefficient (Wildman–Crippen LogP) is 3.79. The van der Waals surface area contributed by atoms with Gasteiger partial charge in [-0.3, -0.25) is 14.9 Å². The number of carbonyl (C=O) groups is 3. The van der Waals surface area contributed by atoms with E-state index in [4.69, 9.17) is 18.9 Å². The molecule has 0 aliphatic rings. The van der Waals surface area contributed by atoms with Gasteiger partial charge in [-0.15, -0.1) is 0 Å². The number of carbonyl (C=O) groups excluding carboxylic acids is 3. The second-order valence-electron chi connectivity index (χ2n) is 6.86. The third-order valence-corrected chi connectivity index (χ3v) is 4.39. The number of benzene rings is 2. The van der Waals surface area contributed by atoms with E-state index in [0.717, 1.165) is 12.8 Å². The van der Waals surface area contributed by atoms with Crippen LogP contribution in [0.4, 0.5) is 0 Å². The minimum atomic E-state index is -0.750. The Morgan fingerprint density at radius 1 is 0.970 bits per heavy atom. The van der Waals surface area contributed by atoms with Crippen LogP contribution >= 0.6 is 0 Å². The van der Waals surface area contributed by atoms with Gasteiger partial charge < -0.3 is 18.9 Å². The van der Waals surface area contributed by atoms with Gasteiger partial charge in [-0.05, 0) is 49.2 Å². The van der Waals surface area contributed by atoms with Crippen molar-refractivity contribution in [3.05, 3.63) is 59.7 Å². The lowest BCUT2D eigenvalue weighted by atomic mass is 10.2. The molecule has 0 bridgehead atoms. The molecule has 0 fully saturated rings. The highest BCUT2D eigenvalue weighted by Crippen LogP contribution is 2.29. The number of hydrogen-bond acceptors (Lipinski definition) is 7. The Kier molecular flexibility index (Phi) is 10.5. The van der Waals surface area contributed by atoms with Crippen LogP contribution in [0.1, 0.15) is 42.6 Å². The molecule has 2 aromatic carbocycles. The smallest absolute Gasteiger partial charge is 0.331 e. The number of imide groups is 1. The van der Waals surface area contributed by atoms with Crippen molar-refractivity contribution >= 4 is 23.9 Å². The van der Waals surface area contributed by atoms with Crippen molar-refractivity contribution in [1.29, 1.82) is 0 Å². The van der Waals surface area contributed by atoms with Crippen molar-refractivity contribution in [2.75, 3.05) is 26.9 Å². The zero-order valence-corrected chi connectivity index (χ0v) is 19.1. The Labute approximate surface area is 193 Å². The predicted molar refractivity (Wildman–Crippen MR) is 123 cm³/mol. The first-order valence-electron chi connectivity index (χ1n) is 10.7. The number of para-hydroxylation sites is 1. The first-order valence-corrected chi connectivity index (χ1v) is 10.7. The maximum atomic E-state index is 12.2. The lowest BCUT2D eigenvalue weighted by molar-refractivity contribution is -0.143. The highest BCUT2D eigenvalue weighted by Gasteiger charge is 2.15. The molecule has 2 amide bonds. The van der Waals surface area contributed by atoms with Gasteiger partial charge in [0, 0.05) is 6.08 Å². The minimum Gasteiger partial charge on any atom is -0.496 e. The summed E-state index contributed by atoms with van der Waals surface area (Å²) in [6.45, 7) is 4.43. The van der Waals surface area contributed by atoms with Gasteiger partial charge in [0.2, 0.25) is 0 Å². The summed E-state index contributed by atoms with van der Waals surface area (Å²) in [6.07, 6.45) is 4.70. The lowest BCUT2D eigenvalue weighted by Gasteiger charge is -2.12. The summed E-state index contributed by atoms with van der Waals surface area (Å²) in [5.74, 6) is -0.569. The molecular weight excluding hydrogens is 426 g/mol. The summed E-state index contributed by atoms with van der Waals surface area (Å²) < 4.78 is 21.3. The van der Waals surface area contributed by atoms with E-state index in [0.29, 0.717) is 36.0 Å². The molecule has 8 heteroatoms. The standard InChI is InChI=1S/C25H29NO7/c1-4-6-15-32-21-13-11-18(16-22(21)31-5-2)12-14-24(28)33-17-23(27)26-25(29)19-9-7-8-10-20(19)30-3/h7-14,16H,4-6,15,17H2,1-3H3,(H,26,27,29)/b14-12+. The van der Waals surface area contributed by atoms with Crippen LogP contribution in [0.2, 0.25) is 0 Å². The maximum absolute atomic E-state index is 12.2. The molecule has 2 aromatic rings. The van der Waals surface area contributed by atoms with Gasteiger partial charge in [0.05, 0.1) is 25.9 Å². The molecule has 0 aliphatic heterocycles. The molecule has 0 spiro atoms. The number of esters is 1. The van der Waals surface area contributed by atoms with Crippen LogP contribution in [-0.4, -0.2) is 44.7 Å². The van der Waals surface area contributed by atoms with Crippen molar-refractivity contribution in [3.8, 4) is 17.2 Å². The van der Waals surface area contributed by atoms with E-state index in [1.165, 1.54) is 19.3 Å². The molecule has 0 radical (unpaired) electrons. The van der Waals surface area contributed by atoms with Crippen molar-refractivity contribution < 1.29 is 33.3 Å². The third-order valence-electron chi connectivity index (χ3n) is 4.39. The number of ether oxygens (including phenoxy) is 4. The van der Waals surface area contributed by atoms with Gasteiger partial charge >= 0.3 is 5.97 Å². The van der Waals surface area contributed by atoms with E-state index in [1.807, 2.05) is 6.92 Å². The lowest BCUT2D eigenvalue weighted by Crippen LogP contribution is -2.34. The van der Waals surface area contributed by atoms with Crippen LogP contribution < -0.4 is 19.5 Å². The van der Waals surface area contributed by atoms with Crippen LogP contribution in [-0.2, 0) is 14.3 Å². The summed E-state index contributed by atoms with van der Waals surface area (Å²) >= 11 is 0. The monoisotopic (exact) mass is 455 g/mol. The number of amides is 2. The average Bonchev–Trinajstić information content (AvgIpc) is 2.82. The average molecular weight is 456 g/mol. The number of unbranched alkanes of at least 4 members (excludes halogenated alkanes) is 1. The Balaban J connectivity index is 1.89. The van der Waals surface area contributed by atoms with Gasteiger partial charge in [-0.25, -0.2) is 4.79 Å². The largest absolute Gasteiger partial charge is 0.496 e. The first-order chi connectivity index (χ1) is 16.0. The van der Waals surface area contributed by atoms with E-state index in [-0.39, 0.29) is 5.56 Å².